The summed E-state index contributed by atoms with van der Waals surface area (Å²) in [5, 5.41) is 5.29. The van der Waals surface area contributed by atoms with Gasteiger partial charge < -0.3 is 15.4 Å². The first kappa shape index (κ1) is 19.6. The van der Waals surface area contributed by atoms with Crippen LogP contribution in [0.1, 0.15) is 56.3 Å². The van der Waals surface area contributed by atoms with Crippen molar-refractivity contribution in [3.63, 3.8) is 0 Å². The first-order chi connectivity index (χ1) is 11.5. The summed E-state index contributed by atoms with van der Waals surface area (Å²) in [6.45, 7) is 4.58. The van der Waals surface area contributed by atoms with Gasteiger partial charge in [0.25, 0.3) is 0 Å². The van der Waals surface area contributed by atoms with Gasteiger partial charge in [-0.3, -0.25) is 0 Å². The normalized spacial score (nSPS) is 17.8. The Morgan fingerprint density at radius 1 is 1.28 bits per heavy atom. The number of carbonyl (C=O) groups is 1. The molecule has 0 unspecified atom stereocenters. The minimum absolute atomic E-state index is 0.129. The zero-order valence-corrected chi connectivity index (χ0v) is 14.8. The number of halogens is 3. The lowest BCUT2D eigenvalue weighted by Crippen LogP contribution is -2.36. The molecule has 0 spiro atoms. The average molecular weight is 358 g/mol. The minimum atomic E-state index is -4.21. The second-order valence-corrected chi connectivity index (χ2v) is 7.34. The smallest absolute Gasteiger partial charge is 0.408 e. The molecule has 4 nitrogen and oxygen atoms in total. The van der Waals surface area contributed by atoms with Gasteiger partial charge in [-0.05, 0) is 56.7 Å². The number of fused-ring (bicyclic) bond motifs is 1. The molecular weight excluding hydrogens is 333 g/mol. The maximum Gasteiger partial charge on any atom is 0.408 e. The van der Waals surface area contributed by atoms with Gasteiger partial charge in [0.2, 0.25) is 0 Å². The van der Waals surface area contributed by atoms with E-state index in [9.17, 15) is 18.0 Å². The monoisotopic (exact) mass is 358 g/mol. The fourth-order valence-corrected chi connectivity index (χ4v) is 2.93. The largest absolute Gasteiger partial charge is 0.444 e. The van der Waals surface area contributed by atoms with Gasteiger partial charge in [-0.2, -0.15) is 13.2 Å². The molecule has 25 heavy (non-hydrogen) atoms. The summed E-state index contributed by atoms with van der Waals surface area (Å²) in [7, 11) is 0. The van der Waals surface area contributed by atoms with Crippen LogP contribution in [0.4, 0.5) is 18.0 Å². The van der Waals surface area contributed by atoms with E-state index < -0.39 is 24.4 Å². The second-order valence-electron chi connectivity index (χ2n) is 7.34. The number of benzene rings is 1. The fourth-order valence-electron chi connectivity index (χ4n) is 2.93. The van der Waals surface area contributed by atoms with Crippen molar-refractivity contribution < 1.29 is 22.7 Å². The highest BCUT2D eigenvalue weighted by atomic mass is 19.4. The van der Waals surface area contributed by atoms with Crippen LogP contribution in [0.15, 0.2) is 18.2 Å². The molecule has 0 bridgehead atoms. The third-order valence-corrected chi connectivity index (χ3v) is 3.87. The van der Waals surface area contributed by atoms with Crippen molar-refractivity contribution in [2.24, 2.45) is 0 Å². The predicted octanol–water partition coefficient (Wildman–Crippen LogP) is 4.24. The molecule has 0 heterocycles. The molecular formula is C18H25F3N2O2. The Hall–Kier alpha value is -1.76. The van der Waals surface area contributed by atoms with Crippen LogP contribution in [0, 0.1) is 0 Å². The van der Waals surface area contributed by atoms with Crippen LogP contribution in [0.2, 0.25) is 0 Å². The Labute approximate surface area is 146 Å². The summed E-state index contributed by atoms with van der Waals surface area (Å²) in [6, 6.07) is 5.48. The van der Waals surface area contributed by atoms with Crippen molar-refractivity contribution in [2.75, 3.05) is 6.54 Å². The summed E-state index contributed by atoms with van der Waals surface area (Å²) < 4.78 is 41.9. The highest BCUT2D eigenvalue weighted by Gasteiger charge is 2.27. The van der Waals surface area contributed by atoms with Gasteiger partial charge in [0, 0.05) is 6.54 Å². The number of hydrogen-bond donors (Lipinski definition) is 2. The molecule has 2 rings (SSSR count). The van der Waals surface area contributed by atoms with Crippen LogP contribution in [-0.4, -0.2) is 24.4 Å². The van der Waals surface area contributed by atoms with Crippen LogP contribution >= 0.6 is 0 Å². The highest BCUT2D eigenvalue weighted by Crippen LogP contribution is 2.30. The average Bonchev–Trinajstić information content (AvgIpc) is 2.44. The van der Waals surface area contributed by atoms with E-state index in [2.05, 4.69) is 10.6 Å². The quantitative estimate of drug-likeness (QED) is 0.846. The van der Waals surface area contributed by atoms with Crippen LogP contribution < -0.4 is 10.6 Å². The molecule has 1 atom stereocenters. The summed E-state index contributed by atoms with van der Waals surface area (Å²) in [5.41, 5.74) is 2.33. The molecule has 7 heteroatoms. The topological polar surface area (TPSA) is 50.4 Å². The van der Waals surface area contributed by atoms with E-state index in [4.69, 9.17) is 4.74 Å². The molecule has 140 valence electrons. The van der Waals surface area contributed by atoms with Gasteiger partial charge >= 0.3 is 12.3 Å². The highest BCUT2D eigenvalue weighted by molar-refractivity contribution is 5.68. The van der Waals surface area contributed by atoms with Crippen LogP contribution in [-0.2, 0) is 17.7 Å². The van der Waals surface area contributed by atoms with Gasteiger partial charge in [-0.1, -0.05) is 18.2 Å². The van der Waals surface area contributed by atoms with Crippen molar-refractivity contribution in [3.05, 3.63) is 34.9 Å². The molecule has 0 radical (unpaired) electrons. The molecule has 0 saturated carbocycles. The number of amides is 1. The molecule has 0 aromatic heterocycles. The Kier molecular flexibility index (Phi) is 5.98. The number of carbonyl (C=O) groups excluding carboxylic acids is 1. The van der Waals surface area contributed by atoms with E-state index in [1.807, 2.05) is 32.9 Å². The van der Waals surface area contributed by atoms with Crippen LogP contribution in [0.5, 0.6) is 0 Å². The minimum Gasteiger partial charge on any atom is -0.444 e. The summed E-state index contributed by atoms with van der Waals surface area (Å²) >= 11 is 0. The number of alkyl carbamates (subject to hydrolysis) is 1. The maximum atomic E-state index is 12.2. The van der Waals surface area contributed by atoms with Gasteiger partial charge in [0.15, 0.2) is 0 Å². The van der Waals surface area contributed by atoms with E-state index in [-0.39, 0.29) is 12.6 Å². The predicted molar refractivity (Wildman–Crippen MR) is 89.3 cm³/mol. The Morgan fingerprint density at radius 3 is 2.64 bits per heavy atom. The van der Waals surface area contributed by atoms with Crippen molar-refractivity contribution in [1.29, 1.82) is 0 Å². The van der Waals surface area contributed by atoms with Gasteiger partial charge in [0.1, 0.15) is 5.60 Å². The standard InChI is InChI=1S/C18H25F3N2O2/c1-17(2,3)25-16(24)23-15-6-4-5-13-9-12(7-8-14(13)15)10-22-11-18(19,20)21/h7-9,15,22H,4-6,10-11H2,1-3H3,(H,23,24)/t15-/m1/s1. The lowest BCUT2D eigenvalue weighted by Gasteiger charge is -2.28. The number of nitrogens with one attached hydrogen (secondary N) is 2. The molecule has 0 fully saturated rings. The molecule has 0 aliphatic heterocycles. The van der Waals surface area contributed by atoms with Gasteiger partial charge in [-0.15, -0.1) is 0 Å². The molecule has 1 aromatic carbocycles. The lowest BCUT2D eigenvalue weighted by molar-refractivity contribution is -0.125. The second kappa shape index (κ2) is 7.64. The van der Waals surface area contributed by atoms with E-state index in [0.717, 1.165) is 36.0 Å². The Bertz CT molecular complexity index is 609. The fraction of sp³-hybridized carbons (Fsp3) is 0.611. The van der Waals surface area contributed by atoms with Crippen molar-refractivity contribution in [2.45, 2.75) is 64.4 Å². The molecule has 1 aliphatic carbocycles. The van der Waals surface area contributed by atoms with E-state index in [1.54, 1.807) is 6.07 Å². The number of hydrogen-bond acceptors (Lipinski definition) is 3. The van der Waals surface area contributed by atoms with E-state index >= 15 is 0 Å². The lowest BCUT2D eigenvalue weighted by atomic mass is 9.86. The molecule has 1 amide bonds. The first-order valence-corrected chi connectivity index (χ1v) is 8.42. The molecule has 2 N–H and O–H groups in total. The summed E-state index contributed by atoms with van der Waals surface area (Å²) in [5.74, 6) is 0. The summed E-state index contributed by atoms with van der Waals surface area (Å²) in [4.78, 5) is 12.0. The Balaban J connectivity index is 2.00. The number of rotatable bonds is 4. The third-order valence-electron chi connectivity index (χ3n) is 3.87. The number of alkyl halides is 3. The van der Waals surface area contributed by atoms with Crippen molar-refractivity contribution >= 4 is 6.09 Å². The zero-order valence-electron chi connectivity index (χ0n) is 14.8. The van der Waals surface area contributed by atoms with Crippen molar-refractivity contribution in [1.82, 2.24) is 10.6 Å². The number of ether oxygens (including phenoxy) is 1. The Morgan fingerprint density at radius 2 is 2.00 bits per heavy atom. The zero-order chi connectivity index (χ0) is 18.7. The van der Waals surface area contributed by atoms with Crippen LogP contribution in [0.25, 0.3) is 0 Å². The SMILES string of the molecule is CC(C)(C)OC(=O)N[C@@H]1CCCc2cc(CNCC(F)(F)F)ccc21. The van der Waals surface area contributed by atoms with E-state index in [0.29, 0.717) is 0 Å². The number of aryl methyl sites for hydroxylation is 1. The van der Waals surface area contributed by atoms with Gasteiger partial charge in [0.05, 0.1) is 12.6 Å². The molecule has 0 saturated heterocycles. The van der Waals surface area contributed by atoms with E-state index in [1.165, 1.54) is 0 Å². The molecule has 1 aromatic rings. The van der Waals surface area contributed by atoms with Gasteiger partial charge in [-0.25, -0.2) is 4.79 Å². The summed E-state index contributed by atoms with van der Waals surface area (Å²) in [6.07, 6.45) is -2.09. The van der Waals surface area contributed by atoms with Crippen LogP contribution in [0.3, 0.4) is 0 Å². The molecule has 1 aliphatic rings. The van der Waals surface area contributed by atoms with Crippen molar-refractivity contribution in [3.8, 4) is 0 Å². The first-order valence-electron chi connectivity index (χ1n) is 8.42. The maximum absolute atomic E-state index is 12.2. The third kappa shape index (κ3) is 6.57.